The van der Waals surface area contributed by atoms with Crippen LogP contribution in [0.3, 0.4) is 0 Å². The SMILES string of the molecule is [CH2]CC(CC(=O)O)C(C)C. The van der Waals surface area contributed by atoms with E-state index in [1.165, 1.54) is 0 Å². The van der Waals surface area contributed by atoms with Crippen molar-refractivity contribution in [2.24, 2.45) is 11.8 Å². The molecule has 0 spiro atoms. The molecule has 0 aliphatic carbocycles. The van der Waals surface area contributed by atoms with Crippen LogP contribution in [0.4, 0.5) is 0 Å². The van der Waals surface area contributed by atoms with E-state index in [-0.39, 0.29) is 12.3 Å². The third-order valence-electron chi connectivity index (χ3n) is 1.75. The molecule has 0 rings (SSSR count). The van der Waals surface area contributed by atoms with Gasteiger partial charge in [-0.2, -0.15) is 0 Å². The van der Waals surface area contributed by atoms with Gasteiger partial charge in [0.1, 0.15) is 0 Å². The Kier molecular flexibility index (Phi) is 4.08. The number of aliphatic carboxylic acids is 1. The Morgan fingerprint density at radius 1 is 1.60 bits per heavy atom. The Morgan fingerprint density at radius 2 is 2.10 bits per heavy atom. The summed E-state index contributed by atoms with van der Waals surface area (Å²) in [6, 6.07) is 0. The molecule has 0 aliphatic heterocycles. The third-order valence-corrected chi connectivity index (χ3v) is 1.75. The Labute approximate surface area is 62.2 Å². The van der Waals surface area contributed by atoms with E-state index in [9.17, 15) is 4.79 Å². The molecule has 0 aliphatic rings. The summed E-state index contributed by atoms with van der Waals surface area (Å²) in [4.78, 5) is 10.2. The summed E-state index contributed by atoms with van der Waals surface area (Å²) in [6.07, 6.45) is 0.963. The van der Waals surface area contributed by atoms with Crippen LogP contribution >= 0.6 is 0 Å². The van der Waals surface area contributed by atoms with Crippen LogP contribution in [0.2, 0.25) is 0 Å². The van der Waals surface area contributed by atoms with Crippen LogP contribution in [-0.4, -0.2) is 11.1 Å². The number of carboxylic acids is 1. The third kappa shape index (κ3) is 3.49. The van der Waals surface area contributed by atoms with E-state index in [4.69, 9.17) is 5.11 Å². The molecule has 0 aromatic heterocycles. The lowest BCUT2D eigenvalue weighted by Crippen LogP contribution is -2.12. The Hall–Kier alpha value is -0.530. The predicted molar refractivity (Wildman–Crippen MR) is 40.6 cm³/mol. The highest BCUT2D eigenvalue weighted by atomic mass is 16.4. The molecule has 1 atom stereocenters. The first-order chi connectivity index (χ1) is 4.57. The van der Waals surface area contributed by atoms with Crippen molar-refractivity contribution in [3.8, 4) is 0 Å². The smallest absolute Gasteiger partial charge is 0.303 e. The van der Waals surface area contributed by atoms with Gasteiger partial charge in [-0.3, -0.25) is 4.79 Å². The van der Waals surface area contributed by atoms with Crippen molar-refractivity contribution in [1.29, 1.82) is 0 Å². The van der Waals surface area contributed by atoms with Crippen LogP contribution in [0.15, 0.2) is 0 Å². The van der Waals surface area contributed by atoms with E-state index in [2.05, 4.69) is 6.92 Å². The molecule has 1 radical (unpaired) electrons. The van der Waals surface area contributed by atoms with E-state index in [0.717, 1.165) is 0 Å². The Bertz CT molecular complexity index is 108. The molecule has 0 aromatic carbocycles. The second-order valence-corrected chi connectivity index (χ2v) is 2.89. The van der Waals surface area contributed by atoms with Crippen LogP contribution in [0.5, 0.6) is 0 Å². The standard InChI is InChI=1S/C8H15O2/c1-4-7(6(2)3)5-8(9)10/h6-7H,1,4-5H2,2-3H3,(H,9,10). The minimum atomic E-state index is -0.720. The van der Waals surface area contributed by atoms with Gasteiger partial charge in [-0.25, -0.2) is 0 Å². The summed E-state index contributed by atoms with van der Waals surface area (Å²) in [7, 11) is 0. The molecule has 0 heterocycles. The van der Waals surface area contributed by atoms with Crippen molar-refractivity contribution in [2.45, 2.75) is 26.7 Å². The van der Waals surface area contributed by atoms with Crippen molar-refractivity contribution in [1.82, 2.24) is 0 Å². The second kappa shape index (κ2) is 4.31. The van der Waals surface area contributed by atoms with Gasteiger partial charge < -0.3 is 5.11 Å². The zero-order valence-electron chi connectivity index (χ0n) is 6.63. The number of carbonyl (C=O) groups is 1. The fraction of sp³-hybridized carbons (Fsp3) is 0.750. The van der Waals surface area contributed by atoms with E-state index >= 15 is 0 Å². The van der Waals surface area contributed by atoms with Crippen LogP contribution in [-0.2, 0) is 4.79 Å². The lowest BCUT2D eigenvalue weighted by atomic mass is 9.90. The quantitative estimate of drug-likeness (QED) is 0.653. The van der Waals surface area contributed by atoms with E-state index < -0.39 is 5.97 Å². The molecule has 0 saturated carbocycles. The molecule has 59 valence electrons. The first-order valence-corrected chi connectivity index (χ1v) is 3.59. The minimum absolute atomic E-state index is 0.234. The van der Waals surface area contributed by atoms with Gasteiger partial charge in [-0.05, 0) is 18.3 Å². The van der Waals surface area contributed by atoms with Crippen LogP contribution < -0.4 is 0 Å². The van der Waals surface area contributed by atoms with Gasteiger partial charge in [0.2, 0.25) is 0 Å². The molecule has 1 unspecified atom stereocenters. The highest BCUT2D eigenvalue weighted by molar-refractivity contribution is 5.67. The fourth-order valence-electron chi connectivity index (χ4n) is 0.895. The van der Waals surface area contributed by atoms with Crippen molar-refractivity contribution in [2.75, 3.05) is 0 Å². The lowest BCUT2D eigenvalue weighted by Gasteiger charge is -2.15. The number of carboxylic acid groups (broad SMARTS) is 1. The maximum atomic E-state index is 10.2. The summed E-state index contributed by atoms with van der Waals surface area (Å²) in [5, 5.41) is 8.44. The van der Waals surface area contributed by atoms with Crippen molar-refractivity contribution >= 4 is 5.97 Å². The fourth-order valence-corrected chi connectivity index (χ4v) is 0.895. The lowest BCUT2D eigenvalue weighted by molar-refractivity contribution is -0.138. The maximum Gasteiger partial charge on any atom is 0.303 e. The van der Waals surface area contributed by atoms with E-state index in [1.54, 1.807) is 0 Å². The van der Waals surface area contributed by atoms with Gasteiger partial charge in [0.05, 0.1) is 0 Å². The molecule has 2 heteroatoms. The average molecular weight is 143 g/mol. The molecule has 0 saturated heterocycles. The summed E-state index contributed by atoms with van der Waals surface area (Å²) in [6.45, 7) is 7.75. The summed E-state index contributed by atoms with van der Waals surface area (Å²) in [5.74, 6) is -0.0616. The molecule has 0 bridgehead atoms. The molecule has 1 N–H and O–H groups in total. The number of rotatable bonds is 4. The minimum Gasteiger partial charge on any atom is -0.481 e. The van der Waals surface area contributed by atoms with Crippen molar-refractivity contribution in [3.63, 3.8) is 0 Å². The summed E-state index contributed by atoms with van der Waals surface area (Å²) >= 11 is 0. The van der Waals surface area contributed by atoms with E-state index in [1.807, 2.05) is 13.8 Å². The Balaban J connectivity index is 3.71. The first kappa shape index (κ1) is 9.47. The molecular weight excluding hydrogens is 128 g/mol. The maximum absolute atomic E-state index is 10.2. The summed E-state index contributed by atoms with van der Waals surface area (Å²) in [5.41, 5.74) is 0. The number of hydrogen-bond acceptors (Lipinski definition) is 1. The normalized spacial score (nSPS) is 13.6. The zero-order valence-corrected chi connectivity index (χ0v) is 6.63. The molecular formula is C8H15O2. The van der Waals surface area contributed by atoms with Crippen LogP contribution in [0.25, 0.3) is 0 Å². The number of hydrogen-bond donors (Lipinski definition) is 1. The zero-order chi connectivity index (χ0) is 8.15. The predicted octanol–water partition coefficient (Wildman–Crippen LogP) is 1.96. The van der Waals surface area contributed by atoms with Gasteiger partial charge in [-0.15, -0.1) is 0 Å². The topological polar surface area (TPSA) is 37.3 Å². The second-order valence-electron chi connectivity index (χ2n) is 2.89. The highest BCUT2D eigenvalue weighted by Crippen LogP contribution is 2.17. The van der Waals surface area contributed by atoms with Gasteiger partial charge in [0.25, 0.3) is 0 Å². The highest BCUT2D eigenvalue weighted by Gasteiger charge is 2.14. The van der Waals surface area contributed by atoms with Gasteiger partial charge in [0, 0.05) is 6.42 Å². The van der Waals surface area contributed by atoms with Crippen molar-refractivity contribution in [3.05, 3.63) is 6.92 Å². The van der Waals surface area contributed by atoms with Gasteiger partial charge >= 0.3 is 5.97 Å². The van der Waals surface area contributed by atoms with Crippen molar-refractivity contribution < 1.29 is 9.90 Å². The van der Waals surface area contributed by atoms with E-state index in [0.29, 0.717) is 12.3 Å². The van der Waals surface area contributed by atoms with Crippen LogP contribution in [0.1, 0.15) is 26.7 Å². The molecule has 0 fully saturated rings. The monoisotopic (exact) mass is 143 g/mol. The molecule has 10 heavy (non-hydrogen) atoms. The van der Waals surface area contributed by atoms with Gasteiger partial charge in [-0.1, -0.05) is 20.8 Å². The molecule has 0 aromatic rings. The van der Waals surface area contributed by atoms with Gasteiger partial charge in [0.15, 0.2) is 0 Å². The molecule has 0 amide bonds. The summed E-state index contributed by atoms with van der Waals surface area (Å²) < 4.78 is 0. The molecule has 2 nitrogen and oxygen atoms in total. The Morgan fingerprint density at radius 3 is 2.20 bits per heavy atom. The first-order valence-electron chi connectivity index (χ1n) is 3.59. The largest absolute Gasteiger partial charge is 0.481 e. The average Bonchev–Trinajstić information content (AvgIpc) is 1.81. The van der Waals surface area contributed by atoms with Crippen LogP contribution in [0, 0.1) is 18.8 Å².